The number of rotatable bonds is 10. The quantitative estimate of drug-likeness (QED) is 0.467. The second kappa shape index (κ2) is 11.0. The monoisotopic (exact) mass is 402 g/mol. The molecule has 0 aromatic heterocycles. The topological polar surface area (TPSA) is 69.2 Å². The highest BCUT2D eigenvalue weighted by molar-refractivity contribution is 6.02. The van der Waals surface area contributed by atoms with Gasteiger partial charge in [0.2, 0.25) is 5.75 Å². The van der Waals surface area contributed by atoms with E-state index in [1.165, 1.54) is 12.1 Å². The van der Waals surface area contributed by atoms with Crippen LogP contribution in [0.15, 0.2) is 41.5 Å². The third kappa shape index (κ3) is 5.94. The van der Waals surface area contributed by atoms with E-state index in [1.54, 1.807) is 24.3 Å². The number of carbonyl (C=O) groups excluding carboxylic acids is 1. The van der Waals surface area contributed by atoms with Crippen LogP contribution in [0.5, 0.6) is 17.2 Å². The number of hydrogen-bond donors (Lipinski definition) is 1. The maximum atomic E-state index is 13.1. The molecule has 0 bridgehead atoms. The molecule has 2 rings (SSSR count). The molecule has 0 spiro atoms. The summed E-state index contributed by atoms with van der Waals surface area (Å²) in [5.41, 5.74) is 4.27. The van der Waals surface area contributed by atoms with E-state index in [1.807, 2.05) is 27.7 Å². The summed E-state index contributed by atoms with van der Waals surface area (Å²) < 4.78 is 30.1. The third-order valence-corrected chi connectivity index (χ3v) is 3.98. The molecule has 0 heterocycles. The lowest BCUT2D eigenvalue weighted by Gasteiger charge is -2.16. The van der Waals surface area contributed by atoms with E-state index in [2.05, 4.69) is 10.5 Å². The minimum absolute atomic E-state index is 0.325. The van der Waals surface area contributed by atoms with Crippen LogP contribution in [0, 0.1) is 5.82 Å². The maximum absolute atomic E-state index is 13.1. The highest BCUT2D eigenvalue weighted by atomic mass is 19.1. The summed E-state index contributed by atoms with van der Waals surface area (Å²) in [5.74, 6) is 0.599. The zero-order chi connectivity index (χ0) is 21.2. The molecule has 0 saturated carbocycles. The fourth-order valence-electron chi connectivity index (χ4n) is 2.69. The zero-order valence-electron chi connectivity index (χ0n) is 17.3. The van der Waals surface area contributed by atoms with Crippen LogP contribution < -0.4 is 19.6 Å². The Morgan fingerprint density at radius 1 is 0.897 bits per heavy atom. The van der Waals surface area contributed by atoms with Gasteiger partial charge in [-0.15, -0.1) is 0 Å². The van der Waals surface area contributed by atoms with Crippen LogP contribution >= 0.6 is 0 Å². The molecule has 0 atom stereocenters. The number of halogens is 1. The number of ether oxygens (including phenoxy) is 3. The SMILES string of the molecule is CCOc1cc(C(=O)N/N=C(/CC)c2ccc(F)cc2)cc(OCC)c1OCC. The van der Waals surface area contributed by atoms with E-state index in [0.717, 1.165) is 5.56 Å². The Hall–Kier alpha value is -3.09. The molecule has 2 aromatic carbocycles. The fraction of sp³-hybridized carbons (Fsp3) is 0.364. The van der Waals surface area contributed by atoms with Gasteiger partial charge in [0.05, 0.1) is 25.5 Å². The molecule has 1 N–H and O–H groups in total. The van der Waals surface area contributed by atoms with Crippen LogP contribution in [0.4, 0.5) is 4.39 Å². The summed E-state index contributed by atoms with van der Waals surface area (Å²) in [6.07, 6.45) is 0.573. The lowest BCUT2D eigenvalue weighted by Crippen LogP contribution is -2.20. The van der Waals surface area contributed by atoms with Gasteiger partial charge in [-0.3, -0.25) is 4.79 Å². The molecule has 0 fully saturated rings. The van der Waals surface area contributed by atoms with Crippen molar-refractivity contribution in [2.45, 2.75) is 34.1 Å². The van der Waals surface area contributed by atoms with Crippen LogP contribution in [-0.4, -0.2) is 31.4 Å². The van der Waals surface area contributed by atoms with E-state index in [-0.39, 0.29) is 5.82 Å². The molecule has 1 amide bonds. The fourth-order valence-corrected chi connectivity index (χ4v) is 2.69. The Labute approximate surface area is 170 Å². The van der Waals surface area contributed by atoms with Crippen LogP contribution in [0.3, 0.4) is 0 Å². The summed E-state index contributed by atoms with van der Waals surface area (Å²) in [5, 5.41) is 4.21. The summed E-state index contributed by atoms with van der Waals surface area (Å²) in [4.78, 5) is 12.7. The average Bonchev–Trinajstić information content (AvgIpc) is 2.72. The molecule has 0 aliphatic carbocycles. The number of carbonyl (C=O) groups is 1. The number of hydrogen-bond acceptors (Lipinski definition) is 5. The Morgan fingerprint density at radius 2 is 1.45 bits per heavy atom. The molecule has 0 aliphatic heterocycles. The van der Waals surface area contributed by atoms with E-state index >= 15 is 0 Å². The highest BCUT2D eigenvalue weighted by Crippen LogP contribution is 2.39. The largest absolute Gasteiger partial charge is 0.490 e. The standard InChI is InChI=1S/C22H27FN2O4/c1-5-18(15-9-11-17(23)12-10-15)24-25-22(26)16-13-19(27-6-2)21(29-8-4)20(14-16)28-7-3/h9-14H,5-8H2,1-4H3,(H,25,26)/b24-18-. The molecule has 6 nitrogen and oxygen atoms in total. The van der Waals surface area contributed by atoms with Gasteiger partial charge in [0.1, 0.15) is 5.82 Å². The molecular formula is C22H27FN2O4. The summed E-state index contributed by atoms with van der Waals surface area (Å²) in [6, 6.07) is 9.17. The van der Waals surface area contributed by atoms with Crippen LogP contribution in [0.1, 0.15) is 50.0 Å². The van der Waals surface area contributed by atoms with Gasteiger partial charge in [-0.2, -0.15) is 5.10 Å². The van der Waals surface area contributed by atoms with E-state index in [4.69, 9.17) is 14.2 Å². The summed E-state index contributed by atoms with van der Waals surface area (Å²) >= 11 is 0. The van der Waals surface area contributed by atoms with Crippen LogP contribution in [0.2, 0.25) is 0 Å². The van der Waals surface area contributed by atoms with Crippen molar-refractivity contribution in [3.8, 4) is 17.2 Å². The second-order valence-electron chi connectivity index (χ2n) is 5.96. The number of hydrazone groups is 1. The Bertz CT molecular complexity index is 823. The zero-order valence-corrected chi connectivity index (χ0v) is 17.3. The molecule has 0 saturated heterocycles. The van der Waals surface area contributed by atoms with Crippen molar-refractivity contribution in [2.75, 3.05) is 19.8 Å². The van der Waals surface area contributed by atoms with Gasteiger partial charge in [0.25, 0.3) is 5.91 Å². The Balaban J connectivity index is 2.31. The highest BCUT2D eigenvalue weighted by Gasteiger charge is 2.18. The molecule has 29 heavy (non-hydrogen) atoms. The first-order valence-electron chi connectivity index (χ1n) is 9.73. The molecule has 0 unspecified atom stereocenters. The van der Waals surface area contributed by atoms with E-state index in [9.17, 15) is 9.18 Å². The van der Waals surface area contributed by atoms with Crippen LogP contribution in [0.25, 0.3) is 0 Å². The minimum Gasteiger partial charge on any atom is -0.490 e. The number of benzene rings is 2. The van der Waals surface area contributed by atoms with Gasteiger partial charge in [-0.1, -0.05) is 19.1 Å². The lowest BCUT2D eigenvalue weighted by molar-refractivity contribution is 0.0953. The minimum atomic E-state index is -0.414. The van der Waals surface area contributed by atoms with Gasteiger partial charge < -0.3 is 14.2 Å². The lowest BCUT2D eigenvalue weighted by atomic mass is 10.1. The molecule has 0 radical (unpaired) electrons. The summed E-state index contributed by atoms with van der Waals surface area (Å²) in [6.45, 7) is 8.74. The molecular weight excluding hydrogens is 375 g/mol. The smallest absolute Gasteiger partial charge is 0.271 e. The van der Waals surface area contributed by atoms with Crippen molar-refractivity contribution >= 4 is 11.6 Å². The van der Waals surface area contributed by atoms with Gasteiger partial charge in [0, 0.05) is 5.56 Å². The first-order valence-corrected chi connectivity index (χ1v) is 9.73. The average molecular weight is 402 g/mol. The van der Waals surface area contributed by atoms with Gasteiger partial charge in [0.15, 0.2) is 11.5 Å². The van der Waals surface area contributed by atoms with Crippen molar-refractivity contribution < 1.29 is 23.4 Å². The number of nitrogens with one attached hydrogen (secondary N) is 1. The van der Waals surface area contributed by atoms with Gasteiger partial charge in [-0.25, -0.2) is 9.82 Å². The number of nitrogens with zero attached hydrogens (tertiary/aromatic N) is 1. The first-order chi connectivity index (χ1) is 14.0. The number of amides is 1. The first kappa shape index (κ1) is 22.2. The predicted octanol–water partition coefficient (Wildman–Crippen LogP) is 4.57. The molecule has 156 valence electrons. The van der Waals surface area contributed by atoms with Crippen molar-refractivity contribution in [2.24, 2.45) is 5.10 Å². The second-order valence-corrected chi connectivity index (χ2v) is 5.96. The van der Waals surface area contributed by atoms with Gasteiger partial charge >= 0.3 is 0 Å². The van der Waals surface area contributed by atoms with Crippen molar-refractivity contribution in [3.05, 3.63) is 53.3 Å². The molecule has 7 heteroatoms. The van der Waals surface area contributed by atoms with Crippen molar-refractivity contribution in [1.29, 1.82) is 0 Å². The summed E-state index contributed by atoms with van der Waals surface area (Å²) in [7, 11) is 0. The van der Waals surface area contributed by atoms with E-state index < -0.39 is 5.91 Å². The van der Waals surface area contributed by atoms with Crippen molar-refractivity contribution in [3.63, 3.8) is 0 Å². The van der Waals surface area contributed by atoms with E-state index in [0.29, 0.717) is 54.8 Å². The van der Waals surface area contributed by atoms with Crippen LogP contribution in [-0.2, 0) is 0 Å². The molecule has 0 aliphatic rings. The third-order valence-electron chi connectivity index (χ3n) is 3.98. The normalized spacial score (nSPS) is 11.1. The van der Waals surface area contributed by atoms with Crippen molar-refractivity contribution in [1.82, 2.24) is 5.43 Å². The Morgan fingerprint density at radius 3 is 1.93 bits per heavy atom. The predicted molar refractivity (Wildman–Crippen MR) is 111 cm³/mol. The maximum Gasteiger partial charge on any atom is 0.271 e. The van der Waals surface area contributed by atoms with Gasteiger partial charge in [-0.05, 0) is 57.0 Å². The Kier molecular flexibility index (Phi) is 8.45. The molecule has 2 aromatic rings.